The van der Waals surface area contributed by atoms with Crippen molar-refractivity contribution in [3.63, 3.8) is 0 Å². The average Bonchev–Trinajstić information content (AvgIpc) is 3.16. The molecule has 138 valence electrons. The normalized spacial score (nSPS) is 11.9. The van der Waals surface area contributed by atoms with Crippen molar-refractivity contribution in [1.29, 1.82) is 0 Å². The lowest BCUT2D eigenvalue weighted by atomic mass is 10.2. The summed E-state index contributed by atoms with van der Waals surface area (Å²) in [6.07, 6.45) is 3.80. The number of hydrogen-bond donors (Lipinski definition) is 2. The van der Waals surface area contributed by atoms with E-state index in [1.54, 1.807) is 7.05 Å². The predicted molar refractivity (Wildman–Crippen MR) is 102 cm³/mol. The van der Waals surface area contributed by atoms with Gasteiger partial charge in [0, 0.05) is 51.1 Å². The van der Waals surface area contributed by atoms with E-state index >= 15 is 0 Å². The number of fused-ring (bicyclic) bond motifs is 1. The molecule has 0 bridgehead atoms. The van der Waals surface area contributed by atoms with Crippen LogP contribution in [0.2, 0.25) is 0 Å². The van der Waals surface area contributed by atoms with Crippen LogP contribution in [-0.2, 0) is 20.0 Å². The Morgan fingerprint density at radius 3 is 2.77 bits per heavy atom. The molecule has 0 unspecified atom stereocenters. The van der Waals surface area contributed by atoms with Crippen molar-refractivity contribution in [2.75, 3.05) is 13.6 Å². The summed E-state index contributed by atoms with van der Waals surface area (Å²) in [5.74, 6) is 1.77. The van der Waals surface area contributed by atoms with E-state index in [1.807, 2.05) is 47.4 Å². The van der Waals surface area contributed by atoms with Gasteiger partial charge >= 0.3 is 0 Å². The molecule has 0 atom stereocenters. The monoisotopic (exact) mass is 354 g/mol. The van der Waals surface area contributed by atoms with Gasteiger partial charge in [0.05, 0.1) is 5.69 Å². The Morgan fingerprint density at radius 2 is 2.04 bits per heavy atom. The number of nitrogens with zero attached hydrogens (tertiary/aromatic N) is 6. The summed E-state index contributed by atoms with van der Waals surface area (Å²) in [5, 5.41) is 19.6. The number of pyridine rings is 1. The van der Waals surface area contributed by atoms with E-state index in [4.69, 9.17) is 0 Å². The van der Waals surface area contributed by atoms with Gasteiger partial charge in [-0.25, -0.2) is 0 Å². The van der Waals surface area contributed by atoms with Gasteiger partial charge in [0.2, 0.25) is 0 Å². The van der Waals surface area contributed by atoms with Crippen molar-refractivity contribution in [3.05, 3.63) is 47.2 Å². The number of nitrogens with one attached hydrogen (secondary N) is 2. The highest BCUT2D eigenvalue weighted by Gasteiger charge is 2.10. The third kappa shape index (κ3) is 3.84. The molecule has 3 rings (SSSR count). The van der Waals surface area contributed by atoms with E-state index in [2.05, 4.69) is 37.8 Å². The van der Waals surface area contributed by atoms with Gasteiger partial charge < -0.3 is 10.6 Å². The first-order valence-corrected chi connectivity index (χ1v) is 8.82. The summed E-state index contributed by atoms with van der Waals surface area (Å²) in [6, 6.07) is 5.92. The summed E-state index contributed by atoms with van der Waals surface area (Å²) in [6.45, 7) is 5.63. The van der Waals surface area contributed by atoms with Crippen LogP contribution in [-0.4, -0.2) is 43.9 Å². The maximum absolute atomic E-state index is 4.44. The fraction of sp³-hybridized carbons (Fsp3) is 0.444. The van der Waals surface area contributed by atoms with Crippen molar-refractivity contribution in [2.24, 2.45) is 12.0 Å². The van der Waals surface area contributed by atoms with Gasteiger partial charge in [0.15, 0.2) is 11.6 Å². The summed E-state index contributed by atoms with van der Waals surface area (Å²) in [7, 11) is 3.75. The zero-order valence-corrected chi connectivity index (χ0v) is 15.8. The lowest BCUT2D eigenvalue weighted by Gasteiger charge is -2.12. The van der Waals surface area contributed by atoms with Gasteiger partial charge in [0.1, 0.15) is 5.82 Å². The van der Waals surface area contributed by atoms with E-state index in [-0.39, 0.29) is 0 Å². The molecule has 2 N–H and O–H groups in total. The number of hydrogen-bond acceptors (Lipinski definition) is 4. The van der Waals surface area contributed by atoms with Crippen LogP contribution < -0.4 is 10.6 Å². The molecule has 0 aromatic carbocycles. The minimum absolute atomic E-state index is 0.708. The maximum atomic E-state index is 4.44. The molecule has 3 aromatic heterocycles. The molecule has 0 aliphatic rings. The molecule has 0 saturated heterocycles. The first-order chi connectivity index (χ1) is 12.6. The molecule has 26 heavy (non-hydrogen) atoms. The molecule has 0 aliphatic carbocycles. The zero-order valence-electron chi connectivity index (χ0n) is 15.8. The number of aliphatic imine (C=N–C) groups is 1. The maximum Gasteiger partial charge on any atom is 0.191 e. The van der Waals surface area contributed by atoms with E-state index in [9.17, 15) is 0 Å². The first kappa shape index (κ1) is 17.9. The summed E-state index contributed by atoms with van der Waals surface area (Å²) < 4.78 is 3.94. The van der Waals surface area contributed by atoms with Gasteiger partial charge in [-0.3, -0.25) is 14.1 Å². The second-order valence-electron chi connectivity index (χ2n) is 6.27. The second-order valence-corrected chi connectivity index (χ2v) is 6.27. The van der Waals surface area contributed by atoms with Crippen molar-refractivity contribution in [2.45, 2.75) is 33.2 Å². The van der Waals surface area contributed by atoms with Crippen LogP contribution in [0.4, 0.5) is 0 Å². The molecular formula is C18H26N8. The van der Waals surface area contributed by atoms with Gasteiger partial charge in [0.25, 0.3) is 0 Å². The average molecular weight is 354 g/mol. The third-order valence-corrected chi connectivity index (χ3v) is 4.57. The third-order valence-electron chi connectivity index (χ3n) is 4.57. The Kier molecular flexibility index (Phi) is 5.50. The fourth-order valence-corrected chi connectivity index (χ4v) is 2.98. The number of aryl methyl sites for hydroxylation is 3. The molecular weight excluding hydrogens is 328 g/mol. The van der Waals surface area contributed by atoms with Crippen LogP contribution in [0.5, 0.6) is 0 Å². The van der Waals surface area contributed by atoms with Crippen LogP contribution in [0.3, 0.4) is 0 Å². The van der Waals surface area contributed by atoms with Crippen molar-refractivity contribution in [3.8, 4) is 0 Å². The SMILES string of the molecule is CN=C(NCCCc1nnc2ccccn12)NCc1c(C)nn(C)c1C. The minimum atomic E-state index is 0.708. The Hall–Kier alpha value is -2.90. The standard InChI is InChI=1S/C18H26N8/c1-13-15(14(2)25(4)24-13)12-21-18(19-3)20-10-7-9-17-23-22-16-8-5-6-11-26(16)17/h5-6,8,11H,7,9-10,12H2,1-4H3,(H2,19,20,21). The van der Waals surface area contributed by atoms with Crippen molar-refractivity contribution < 1.29 is 0 Å². The van der Waals surface area contributed by atoms with Crippen molar-refractivity contribution in [1.82, 2.24) is 35.0 Å². The summed E-state index contributed by atoms with van der Waals surface area (Å²) >= 11 is 0. The van der Waals surface area contributed by atoms with Crippen LogP contribution in [0, 0.1) is 13.8 Å². The summed E-state index contributed by atoms with van der Waals surface area (Å²) in [5.41, 5.74) is 4.32. The molecule has 0 aliphatic heterocycles. The highest BCUT2D eigenvalue weighted by molar-refractivity contribution is 5.79. The Balaban J connectivity index is 1.47. The molecule has 0 radical (unpaired) electrons. The molecule has 0 fully saturated rings. The molecule has 8 heteroatoms. The van der Waals surface area contributed by atoms with Crippen molar-refractivity contribution >= 4 is 11.6 Å². The smallest absolute Gasteiger partial charge is 0.191 e. The quantitative estimate of drug-likeness (QED) is 0.397. The zero-order chi connectivity index (χ0) is 18.5. The van der Waals surface area contributed by atoms with Crippen LogP contribution in [0.15, 0.2) is 29.4 Å². The number of aromatic nitrogens is 5. The Bertz CT molecular complexity index is 905. The topological polar surface area (TPSA) is 84.4 Å². The minimum Gasteiger partial charge on any atom is -0.356 e. The highest BCUT2D eigenvalue weighted by atomic mass is 15.3. The Morgan fingerprint density at radius 1 is 1.19 bits per heavy atom. The molecule has 0 spiro atoms. The van der Waals surface area contributed by atoms with Gasteiger partial charge in [-0.05, 0) is 32.4 Å². The van der Waals surface area contributed by atoms with Crippen LogP contribution in [0.1, 0.15) is 29.2 Å². The molecule has 8 nitrogen and oxygen atoms in total. The van der Waals surface area contributed by atoms with E-state index in [1.165, 1.54) is 11.3 Å². The molecule has 0 saturated carbocycles. The van der Waals surface area contributed by atoms with Crippen LogP contribution >= 0.6 is 0 Å². The van der Waals surface area contributed by atoms with Gasteiger partial charge in [-0.1, -0.05) is 6.07 Å². The lowest BCUT2D eigenvalue weighted by Crippen LogP contribution is -2.37. The van der Waals surface area contributed by atoms with Crippen LogP contribution in [0.25, 0.3) is 5.65 Å². The predicted octanol–water partition coefficient (Wildman–Crippen LogP) is 1.38. The van der Waals surface area contributed by atoms with E-state index < -0.39 is 0 Å². The Labute approximate surface area is 153 Å². The van der Waals surface area contributed by atoms with Gasteiger partial charge in [-0.2, -0.15) is 5.10 Å². The van der Waals surface area contributed by atoms with E-state index in [0.29, 0.717) is 6.54 Å². The number of guanidine groups is 1. The van der Waals surface area contributed by atoms with E-state index in [0.717, 1.165) is 42.5 Å². The van der Waals surface area contributed by atoms with Gasteiger partial charge in [-0.15, -0.1) is 10.2 Å². The second kappa shape index (κ2) is 7.99. The lowest BCUT2D eigenvalue weighted by molar-refractivity contribution is 0.711. The number of rotatable bonds is 6. The highest BCUT2D eigenvalue weighted by Crippen LogP contribution is 2.11. The molecule has 3 aromatic rings. The first-order valence-electron chi connectivity index (χ1n) is 8.82. The largest absolute Gasteiger partial charge is 0.356 e. The summed E-state index contributed by atoms with van der Waals surface area (Å²) in [4.78, 5) is 4.29. The molecule has 0 amide bonds. The molecule has 3 heterocycles. The fourth-order valence-electron chi connectivity index (χ4n) is 2.98.